The number of rotatable bonds is 2. The zero-order chi connectivity index (χ0) is 14.0. The third-order valence-electron chi connectivity index (χ3n) is 2.70. The van der Waals surface area contributed by atoms with Gasteiger partial charge >= 0.3 is 5.97 Å². The Morgan fingerprint density at radius 3 is 2.58 bits per heavy atom. The molecule has 0 radical (unpaired) electrons. The molecular formula is C14H9ClN2O2. The second kappa shape index (κ2) is 5.01. The van der Waals surface area contributed by atoms with Gasteiger partial charge in [0.15, 0.2) is 0 Å². The molecule has 0 aliphatic rings. The molecule has 0 heterocycles. The molecule has 0 amide bonds. The topological polar surface area (TPSA) is 87.1 Å². The Balaban J connectivity index is 2.58. The SMILES string of the molecule is N#Cc1ccc(-c2cc(C(=O)O)ccc2N)cc1Cl. The van der Waals surface area contributed by atoms with Gasteiger partial charge in [-0.05, 0) is 35.9 Å². The number of hydrogen-bond donors (Lipinski definition) is 2. The molecule has 5 heteroatoms. The number of carboxylic acid groups (broad SMARTS) is 1. The number of nitrogens with zero attached hydrogens (tertiary/aromatic N) is 1. The number of nitrogens with two attached hydrogens (primary N) is 1. The van der Waals surface area contributed by atoms with E-state index < -0.39 is 5.97 Å². The lowest BCUT2D eigenvalue weighted by molar-refractivity contribution is 0.0697. The highest BCUT2D eigenvalue weighted by Gasteiger charge is 2.10. The van der Waals surface area contributed by atoms with Gasteiger partial charge in [-0.25, -0.2) is 4.79 Å². The Morgan fingerprint density at radius 1 is 1.26 bits per heavy atom. The summed E-state index contributed by atoms with van der Waals surface area (Å²) in [7, 11) is 0. The molecule has 3 N–H and O–H groups in total. The summed E-state index contributed by atoms with van der Waals surface area (Å²) in [5.41, 5.74) is 8.04. The molecule has 2 rings (SSSR count). The van der Waals surface area contributed by atoms with Gasteiger partial charge in [0.1, 0.15) is 6.07 Å². The molecule has 0 spiro atoms. The monoisotopic (exact) mass is 272 g/mol. The first-order valence-corrected chi connectivity index (χ1v) is 5.73. The molecule has 2 aromatic rings. The number of aromatic carboxylic acids is 1. The maximum Gasteiger partial charge on any atom is 0.335 e. The van der Waals surface area contributed by atoms with Crippen LogP contribution in [0.4, 0.5) is 5.69 Å². The summed E-state index contributed by atoms with van der Waals surface area (Å²) in [4.78, 5) is 11.0. The molecule has 0 unspecified atom stereocenters. The zero-order valence-electron chi connectivity index (χ0n) is 9.72. The summed E-state index contributed by atoms with van der Waals surface area (Å²) in [6, 6.07) is 11.3. The quantitative estimate of drug-likeness (QED) is 0.822. The fraction of sp³-hybridized carbons (Fsp3) is 0. The van der Waals surface area contributed by atoms with Gasteiger partial charge in [-0.3, -0.25) is 0 Å². The van der Waals surface area contributed by atoms with E-state index >= 15 is 0 Å². The average molecular weight is 273 g/mol. The van der Waals surface area contributed by atoms with Crippen molar-refractivity contribution in [1.29, 1.82) is 5.26 Å². The Kier molecular flexibility index (Phi) is 3.41. The first kappa shape index (κ1) is 12.9. The van der Waals surface area contributed by atoms with Crippen molar-refractivity contribution in [2.45, 2.75) is 0 Å². The van der Waals surface area contributed by atoms with Crippen LogP contribution < -0.4 is 5.73 Å². The molecule has 0 aliphatic heterocycles. The minimum Gasteiger partial charge on any atom is -0.478 e. The lowest BCUT2D eigenvalue weighted by atomic mass is 10.00. The number of halogens is 1. The van der Waals surface area contributed by atoms with Crippen LogP contribution in [0, 0.1) is 11.3 Å². The summed E-state index contributed by atoms with van der Waals surface area (Å²) in [6.07, 6.45) is 0. The van der Waals surface area contributed by atoms with Crippen molar-refractivity contribution < 1.29 is 9.90 Å². The third-order valence-corrected chi connectivity index (χ3v) is 3.01. The van der Waals surface area contributed by atoms with Crippen molar-refractivity contribution in [2.75, 3.05) is 5.73 Å². The van der Waals surface area contributed by atoms with E-state index in [1.165, 1.54) is 18.2 Å². The molecular weight excluding hydrogens is 264 g/mol. The first-order valence-electron chi connectivity index (χ1n) is 5.36. The summed E-state index contributed by atoms with van der Waals surface area (Å²) < 4.78 is 0. The van der Waals surface area contributed by atoms with Crippen molar-refractivity contribution in [3.8, 4) is 17.2 Å². The van der Waals surface area contributed by atoms with E-state index in [9.17, 15) is 4.79 Å². The summed E-state index contributed by atoms with van der Waals surface area (Å²) in [5.74, 6) is -1.03. The summed E-state index contributed by atoms with van der Waals surface area (Å²) in [6.45, 7) is 0. The Hall–Kier alpha value is -2.51. The normalized spacial score (nSPS) is 9.89. The van der Waals surface area contributed by atoms with E-state index in [1.807, 2.05) is 6.07 Å². The van der Waals surface area contributed by atoms with Gasteiger partial charge in [-0.1, -0.05) is 17.7 Å². The van der Waals surface area contributed by atoms with Crippen LogP contribution in [-0.2, 0) is 0 Å². The summed E-state index contributed by atoms with van der Waals surface area (Å²) in [5, 5.41) is 18.1. The fourth-order valence-electron chi connectivity index (χ4n) is 1.71. The predicted molar refractivity (Wildman–Crippen MR) is 73.0 cm³/mol. The zero-order valence-corrected chi connectivity index (χ0v) is 10.5. The van der Waals surface area contributed by atoms with Gasteiger partial charge in [0, 0.05) is 11.3 Å². The van der Waals surface area contributed by atoms with Crippen molar-refractivity contribution in [3.63, 3.8) is 0 Å². The molecule has 0 saturated heterocycles. The maximum absolute atomic E-state index is 11.0. The van der Waals surface area contributed by atoms with Crippen molar-refractivity contribution in [2.24, 2.45) is 0 Å². The van der Waals surface area contributed by atoms with Gasteiger partial charge < -0.3 is 10.8 Å². The minimum atomic E-state index is -1.03. The standard InChI is InChI=1S/C14H9ClN2O2/c15-12-6-8(1-2-10(12)7-16)11-5-9(14(18)19)3-4-13(11)17/h1-6H,17H2,(H,18,19). The smallest absolute Gasteiger partial charge is 0.335 e. The van der Waals surface area contributed by atoms with Gasteiger partial charge in [0.05, 0.1) is 16.1 Å². The van der Waals surface area contributed by atoms with Crippen LogP contribution in [0.25, 0.3) is 11.1 Å². The van der Waals surface area contributed by atoms with E-state index in [4.69, 9.17) is 27.7 Å². The highest BCUT2D eigenvalue weighted by Crippen LogP contribution is 2.30. The number of anilines is 1. The molecule has 0 fully saturated rings. The molecule has 0 atom stereocenters. The van der Waals surface area contributed by atoms with E-state index in [0.717, 1.165) is 0 Å². The van der Waals surface area contributed by atoms with E-state index in [-0.39, 0.29) is 5.56 Å². The van der Waals surface area contributed by atoms with Crippen LogP contribution in [0.5, 0.6) is 0 Å². The number of benzene rings is 2. The van der Waals surface area contributed by atoms with Gasteiger partial charge in [-0.15, -0.1) is 0 Å². The second-order valence-corrected chi connectivity index (χ2v) is 4.32. The van der Waals surface area contributed by atoms with Crippen LogP contribution in [0.15, 0.2) is 36.4 Å². The average Bonchev–Trinajstić information content (AvgIpc) is 2.38. The summed E-state index contributed by atoms with van der Waals surface area (Å²) >= 11 is 5.95. The molecule has 0 aromatic heterocycles. The van der Waals surface area contributed by atoms with Crippen LogP contribution in [0.1, 0.15) is 15.9 Å². The van der Waals surface area contributed by atoms with Crippen molar-refractivity contribution in [1.82, 2.24) is 0 Å². The lowest BCUT2D eigenvalue weighted by Gasteiger charge is -2.08. The van der Waals surface area contributed by atoms with E-state index in [2.05, 4.69) is 0 Å². The first-order chi connectivity index (χ1) is 9.02. The van der Waals surface area contributed by atoms with Gasteiger partial charge in [0.2, 0.25) is 0 Å². The lowest BCUT2D eigenvalue weighted by Crippen LogP contribution is -1.99. The van der Waals surface area contributed by atoms with Crippen LogP contribution >= 0.6 is 11.6 Å². The number of hydrogen-bond acceptors (Lipinski definition) is 3. The highest BCUT2D eigenvalue weighted by atomic mass is 35.5. The number of nitriles is 1. The molecule has 94 valence electrons. The molecule has 4 nitrogen and oxygen atoms in total. The van der Waals surface area contributed by atoms with Crippen LogP contribution in [0.2, 0.25) is 5.02 Å². The minimum absolute atomic E-state index is 0.143. The molecule has 0 aliphatic carbocycles. The third kappa shape index (κ3) is 2.51. The number of carboxylic acids is 1. The molecule has 0 saturated carbocycles. The van der Waals surface area contributed by atoms with E-state index in [1.54, 1.807) is 18.2 Å². The Labute approximate surface area is 114 Å². The highest BCUT2D eigenvalue weighted by molar-refractivity contribution is 6.32. The van der Waals surface area contributed by atoms with E-state index in [0.29, 0.717) is 27.4 Å². The van der Waals surface area contributed by atoms with Gasteiger partial charge in [0.25, 0.3) is 0 Å². The largest absolute Gasteiger partial charge is 0.478 e. The molecule has 0 bridgehead atoms. The number of carbonyl (C=O) groups is 1. The molecule has 2 aromatic carbocycles. The molecule has 19 heavy (non-hydrogen) atoms. The maximum atomic E-state index is 11.0. The fourth-order valence-corrected chi connectivity index (χ4v) is 1.94. The van der Waals surface area contributed by atoms with Crippen LogP contribution in [-0.4, -0.2) is 11.1 Å². The van der Waals surface area contributed by atoms with Gasteiger partial charge in [-0.2, -0.15) is 5.26 Å². The Morgan fingerprint density at radius 2 is 2.00 bits per heavy atom. The number of nitrogen functional groups attached to an aromatic ring is 1. The van der Waals surface area contributed by atoms with Crippen LogP contribution in [0.3, 0.4) is 0 Å². The van der Waals surface area contributed by atoms with Crippen molar-refractivity contribution >= 4 is 23.3 Å². The Bertz CT molecular complexity index is 705. The van der Waals surface area contributed by atoms with Crippen molar-refractivity contribution in [3.05, 3.63) is 52.5 Å². The predicted octanol–water partition coefficient (Wildman–Crippen LogP) is 3.16. The second-order valence-electron chi connectivity index (χ2n) is 3.91.